The number of rotatable bonds is 3. The zero-order chi connectivity index (χ0) is 10.6. The first-order valence-electron chi connectivity index (χ1n) is 4.38. The average molecular weight is 213 g/mol. The molecule has 14 heavy (non-hydrogen) atoms. The maximum atomic E-state index is 11.0. The van der Waals surface area contributed by atoms with Gasteiger partial charge < -0.3 is 11.1 Å². The van der Waals surface area contributed by atoms with Crippen LogP contribution in [0.5, 0.6) is 0 Å². The number of hydrogen-bond acceptors (Lipinski definition) is 2. The third-order valence-corrected chi connectivity index (χ3v) is 2.15. The lowest BCUT2D eigenvalue weighted by molar-refractivity contribution is -0.120. The average Bonchev–Trinajstić information content (AvgIpc) is 2.17. The molecule has 0 saturated heterocycles. The lowest BCUT2D eigenvalue weighted by Gasteiger charge is -2.13. The molecule has 1 aromatic carbocycles. The lowest BCUT2D eigenvalue weighted by Crippen LogP contribution is -2.32. The van der Waals surface area contributed by atoms with E-state index in [9.17, 15) is 4.79 Å². The zero-order valence-electron chi connectivity index (χ0n) is 7.96. The van der Waals surface area contributed by atoms with Gasteiger partial charge in [0.25, 0.3) is 0 Å². The van der Waals surface area contributed by atoms with Gasteiger partial charge in [-0.2, -0.15) is 0 Å². The van der Waals surface area contributed by atoms with Crippen LogP contribution in [0.15, 0.2) is 24.3 Å². The first kappa shape index (κ1) is 11.0. The zero-order valence-corrected chi connectivity index (χ0v) is 8.71. The Kier molecular flexibility index (Phi) is 3.92. The van der Waals surface area contributed by atoms with E-state index in [1.165, 1.54) is 0 Å². The highest BCUT2D eigenvalue weighted by molar-refractivity contribution is 6.30. The Morgan fingerprint density at radius 1 is 1.64 bits per heavy atom. The number of benzene rings is 1. The van der Waals surface area contributed by atoms with Crippen LogP contribution in [0.1, 0.15) is 18.5 Å². The second-order valence-electron chi connectivity index (χ2n) is 3.05. The summed E-state index contributed by atoms with van der Waals surface area (Å²) in [6.45, 7) is 1.89. The minimum Gasteiger partial charge on any atom is -0.348 e. The van der Waals surface area contributed by atoms with Gasteiger partial charge in [0.1, 0.15) is 0 Å². The Hall–Kier alpha value is -1.06. The van der Waals surface area contributed by atoms with Crippen molar-refractivity contribution in [3.05, 3.63) is 34.9 Å². The molecule has 3 nitrogen and oxygen atoms in total. The number of nitrogens with one attached hydrogen (secondary N) is 1. The molecule has 0 fully saturated rings. The van der Waals surface area contributed by atoms with Crippen molar-refractivity contribution in [1.29, 1.82) is 0 Å². The molecule has 1 atom stereocenters. The van der Waals surface area contributed by atoms with Crippen LogP contribution in [0, 0.1) is 0 Å². The van der Waals surface area contributed by atoms with Crippen LogP contribution in [0.4, 0.5) is 0 Å². The van der Waals surface area contributed by atoms with E-state index in [1.807, 2.05) is 25.1 Å². The summed E-state index contributed by atoms with van der Waals surface area (Å²) in [6, 6.07) is 7.31. The van der Waals surface area contributed by atoms with Gasteiger partial charge in [0.2, 0.25) is 5.91 Å². The van der Waals surface area contributed by atoms with E-state index in [4.69, 9.17) is 17.3 Å². The molecule has 3 N–H and O–H groups in total. The van der Waals surface area contributed by atoms with Gasteiger partial charge in [-0.1, -0.05) is 23.7 Å². The van der Waals surface area contributed by atoms with Gasteiger partial charge in [-0.25, -0.2) is 0 Å². The summed E-state index contributed by atoms with van der Waals surface area (Å²) in [4.78, 5) is 11.0. The van der Waals surface area contributed by atoms with Gasteiger partial charge >= 0.3 is 0 Å². The van der Waals surface area contributed by atoms with Gasteiger partial charge in [0.05, 0.1) is 12.6 Å². The van der Waals surface area contributed by atoms with E-state index >= 15 is 0 Å². The summed E-state index contributed by atoms with van der Waals surface area (Å²) >= 11 is 5.82. The number of halogens is 1. The highest BCUT2D eigenvalue weighted by Gasteiger charge is 2.07. The largest absolute Gasteiger partial charge is 0.348 e. The maximum absolute atomic E-state index is 11.0. The third-order valence-electron chi connectivity index (χ3n) is 1.91. The van der Waals surface area contributed by atoms with Crippen LogP contribution < -0.4 is 11.1 Å². The van der Waals surface area contributed by atoms with Crippen LogP contribution >= 0.6 is 11.6 Å². The number of amides is 1. The molecule has 0 aliphatic rings. The molecular formula is C10H13ClN2O. The second-order valence-corrected chi connectivity index (χ2v) is 3.48. The molecule has 1 unspecified atom stereocenters. The van der Waals surface area contributed by atoms with Crippen LogP contribution in [-0.2, 0) is 4.79 Å². The summed E-state index contributed by atoms with van der Waals surface area (Å²) in [6.07, 6.45) is 0. The van der Waals surface area contributed by atoms with E-state index in [0.717, 1.165) is 5.56 Å². The van der Waals surface area contributed by atoms with Crippen molar-refractivity contribution in [2.75, 3.05) is 6.54 Å². The van der Waals surface area contributed by atoms with Crippen molar-refractivity contribution in [2.45, 2.75) is 13.0 Å². The van der Waals surface area contributed by atoms with Crippen molar-refractivity contribution in [1.82, 2.24) is 5.32 Å². The molecule has 1 rings (SSSR count). The van der Waals surface area contributed by atoms with Crippen LogP contribution in [-0.4, -0.2) is 12.5 Å². The minimum atomic E-state index is -0.169. The normalized spacial score (nSPS) is 12.2. The molecule has 76 valence electrons. The van der Waals surface area contributed by atoms with Crippen molar-refractivity contribution < 1.29 is 4.79 Å². The molecule has 0 spiro atoms. The fourth-order valence-corrected chi connectivity index (χ4v) is 1.36. The third kappa shape index (κ3) is 3.01. The van der Waals surface area contributed by atoms with Crippen LogP contribution in [0.25, 0.3) is 0 Å². The fourth-order valence-electron chi connectivity index (χ4n) is 1.16. The predicted octanol–water partition coefficient (Wildman–Crippen LogP) is 1.48. The van der Waals surface area contributed by atoms with Gasteiger partial charge in [-0.15, -0.1) is 0 Å². The summed E-state index contributed by atoms with van der Waals surface area (Å²) in [5.74, 6) is -0.169. The molecule has 1 aromatic rings. The first-order valence-corrected chi connectivity index (χ1v) is 4.76. The lowest BCUT2D eigenvalue weighted by atomic mass is 10.1. The van der Waals surface area contributed by atoms with E-state index < -0.39 is 0 Å². The topological polar surface area (TPSA) is 55.1 Å². The smallest absolute Gasteiger partial charge is 0.234 e. The predicted molar refractivity (Wildman–Crippen MR) is 57.1 cm³/mol. The highest BCUT2D eigenvalue weighted by atomic mass is 35.5. The Balaban J connectivity index is 2.69. The number of nitrogens with two attached hydrogens (primary N) is 1. The molecule has 0 heterocycles. The number of hydrogen-bond donors (Lipinski definition) is 2. The Bertz CT molecular complexity index is 328. The monoisotopic (exact) mass is 212 g/mol. The highest BCUT2D eigenvalue weighted by Crippen LogP contribution is 2.16. The summed E-state index contributed by atoms with van der Waals surface area (Å²) in [5, 5.41) is 3.41. The van der Waals surface area contributed by atoms with Crippen molar-refractivity contribution >= 4 is 17.5 Å². The molecule has 0 aromatic heterocycles. The SMILES string of the molecule is CC(NC(=O)CN)c1cccc(Cl)c1. The molecule has 0 aliphatic heterocycles. The molecule has 0 saturated carbocycles. The first-order chi connectivity index (χ1) is 6.63. The molecule has 1 amide bonds. The van der Waals surface area contributed by atoms with Crippen LogP contribution in [0.2, 0.25) is 5.02 Å². The minimum absolute atomic E-state index is 0.00487. The number of carbonyl (C=O) groups excluding carboxylic acids is 1. The quantitative estimate of drug-likeness (QED) is 0.798. The maximum Gasteiger partial charge on any atom is 0.234 e. The number of carbonyl (C=O) groups is 1. The molecule has 0 aliphatic carbocycles. The van der Waals surface area contributed by atoms with Crippen LogP contribution in [0.3, 0.4) is 0 Å². The summed E-state index contributed by atoms with van der Waals surface area (Å²) < 4.78 is 0. The summed E-state index contributed by atoms with van der Waals surface area (Å²) in [5.41, 5.74) is 6.16. The van der Waals surface area contributed by atoms with E-state index in [1.54, 1.807) is 6.07 Å². The van der Waals surface area contributed by atoms with E-state index in [-0.39, 0.29) is 18.5 Å². The van der Waals surface area contributed by atoms with Gasteiger partial charge in [-0.3, -0.25) is 4.79 Å². The van der Waals surface area contributed by atoms with Gasteiger partial charge in [0, 0.05) is 5.02 Å². The fraction of sp³-hybridized carbons (Fsp3) is 0.300. The Morgan fingerprint density at radius 2 is 2.36 bits per heavy atom. The van der Waals surface area contributed by atoms with E-state index in [2.05, 4.69) is 5.32 Å². The molecule has 0 radical (unpaired) electrons. The standard InChI is InChI=1S/C10H13ClN2O/c1-7(13-10(14)6-12)8-3-2-4-9(11)5-8/h2-5,7H,6,12H2,1H3,(H,13,14). The molecule has 4 heteroatoms. The van der Waals surface area contributed by atoms with Gasteiger partial charge in [0.15, 0.2) is 0 Å². The van der Waals surface area contributed by atoms with Crippen molar-refractivity contribution in [3.8, 4) is 0 Å². The summed E-state index contributed by atoms with van der Waals surface area (Å²) in [7, 11) is 0. The van der Waals surface area contributed by atoms with Crippen molar-refractivity contribution in [2.24, 2.45) is 5.73 Å². The van der Waals surface area contributed by atoms with Gasteiger partial charge in [-0.05, 0) is 24.6 Å². The Morgan fingerprint density at radius 3 is 2.93 bits per heavy atom. The second kappa shape index (κ2) is 4.98. The van der Waals surface area contributed by atoms with E-state index in [0.29, 0.717) is 5.02 Å². The van der Waals surface area contributed by atoms with Crippen molar-refractivity contribution in [3.63, 3.8) is 0 Å². The molecular weight excluding hydrogens is 200 g/mol. The molecule has 0 bridgehead atoms. The Labute approximate surface area is 88.2 Å².